The van der Waals surface area contributed by atoms with Crippen molar-refractivity contribution in [2.24, 2.45) is 0 Å². The van der Waals surface area contributed by atoms with Crippen molar-refractivity contribution in [3.63, 3.8) is 0 Å². The van der Waals surface area contributed by atoms with Gasteiger partial charge in [-0.3, -0.25) is 0 Å². The zero-order chi connectivity index (χ0) is 9.10. The Balaban J connectivity index is 2.19. The van der Waals surface area contributed by atoms with E-state index < -0.39 is 0 Å². The summed E-state index contributed by atoms with van der Waals surface area (Å²) in [5, 5.41) is 13.0. The Kier molecular flexibility index (Phi) is 2.00. The molecule has 0 radical (unpaired) electrons. The molecule has 1 heterocycles. The number of hydrogen-bond acceptors (Lipinski definition) is 3. The van der Waals surface area contributed by atoms with E-state index in [9.17, 15) is 5.11 Å². The molecule has 0 aliphatic heterocycles. The molecule has 0 spiro atoms. The minimum Gasteiger partial charge on any atom is -0.508 e. The van der Waals surface area contributed by atoms with Crippen LogP contribution in [0.1, 0.15) is 11.3 Å². The van der Waals surface area contributed by atoms with E-state index in [1.165, 1.54) is 6.26 Å². The van der Waals surface area contributed by atoms with Gasteiger partial charge in [-0.1, -0.05) is 17.3 Å². The van der Waals surface area contributed by atoms with E-state index in [1.807, 2.05) is 18.2 Å². The molecule has 0 fully saturated rings. The number of phenols is 1. The fourth-order valence-corrected chi connectivity index (χ4v) is 1.20. The maximum Gasteiger partial charge on any atom is 0.124 e. The summed E-state index contributed by atoms with van der Waals surface area (Å²) in [6.45, 7) is 0. The van der Waals surface area contributed by atoms with E-state index in [0.29, 0.717) is 6.42 Å². The van der Waals surface area contributed by atoms with Gasteiger partial charge < -0.3 is 9.63 Å². The standard InChI is InChI=1S/C10H9NO2/c12-10-3-1-2-8(7-10)6-9-4-5-13-11-9/h1-5,7,12H,6H2. The molecule has 2 aromatic rings. The molecule has 0 bridgehead atoms. The smallest absolute Gasteiger partial charge is 0.124 e. The van der Waals surface area contributed by atoms with Gasteiger partial charge in [0.25, 0.3) is 0 Å². The van der Waals surface area contributed by atoms with Crippen molar-refractivity contribution in [3.05, 3.63) is 47.9 Å². The first-order valence-electron chi connectivity index (χ1n) is 4.02. The minimum atomic E-state index is 0.279. The van der Waals surface area contributed by atoms with Crippen molar-refractivity contribution < 1.29 is 9.63 Å². The molecule has 0 atom stereocenters. The van der Waals surface area contributed by atoms with Gasteiger partial charge in [0.05, 0.1) is 5.69 Å². The Labute approximate surface area is 75.6 Å². The number of aromatic nitrogens is 1. The second-order valence-electron chi connectivity index (χ2n) is 2.84. The molecule has 0 saturated heterocycles. The maximum atomic E-state index is 9.20. The van der Waals surface area contributed by atoms with E-state index in [-0.39, 0.29) is 5.75 Å². The quantitative estimate of drug-likeness (QED) is 0.759. The molecule has 66 valence electrons. The summed E-state index contributed by atoms with van der Waals surface area (Å²) in [6.07, 6.45) is 2.23. The molecule has 2 rings (SSSR count). The van der Waals surface area contributed by atoms with Crippen LogP contribution in [-0.2, 0) is 6.42 Å². The fraction of sp³-hybridized carbons (Fsp3) is 0.100. The van der Waals surface area contributed by atoms with E-state index >= 15 is 0 Å². The predicted octanol–water partition coefficient (Wildman–Crippen LogP) is 1.97. The number of aromatic hydroxyl groups is 1. The molecular weight excluding hydrogens is 166 g/mol. The van der Waals surface area contributed by atoms with Crippen LogP contribution in [0.3, 0.4) is 0 Å². The van der Waals surface area contributed by atoms with Crippen LogP contribution in [0, 0.1) is 0 Å². The van der Waals surface area contributed by atoms with Crippen LogP contribution in [0.25, 0.3) is 0 Å². The van der Waals surface area contributed by atoms with E-state index in [0.717, 1.165) is 11.3 Å². The number of hydrogen-bond donors (Lipinski definition) is 1. The average molecular weight is 175 g/mol. The van der Waals surface area contributed by atoms with Gasteiger partial charge in [0.15, 0.2) is 0 Å². The molecule has 0 unspecified atom stereocenters. The van der Waals surface area contributed by atoms with Gasteiger partial charge in [-0.05, 0) is 17.7 Å². The van der Waals surface area contributed by atoms with Gasteiger partial charge in [-0.2, -0.15) is 0 Å². The van der Waals surface area contributed by atoms with Crippen molar-refractivity contribution in [1.29, 1.82) is 0 Å². The van der Waals surface area contributed by atoms with Gasteiger partial charge in [0.2, 0.25) is 0 Å². The predicted molar refractivity (Wildman–Crippen MR) is 47.4 cm³/mol. The lowest BCUT2D eigenvalue weighted by molar-refractivity contribution is 0.413. The first kappa shape index (κ1) is 7.86. The largest absolute Gasteiger partial charge is 0.508 e. The number of phenolic OH excluding ortho intramolecular Hbond substituents is 1. The Morgan fingerprint density at radius 3 is 2.92 bits per heavy atom. The highest BCUT2D eigenvalue weighted by Crippen LogP contribution is 2.13. The molecule has 0 saturated carbocycles. The lowest BCUT2D eigenvalue weighted by atomic mass is 10.1. The van der Waals surface area contributed by atoms with Crippen molar-refractivity contribution in [1.82, 2.24) is 5.16 Å². The summed E-state index contributed by atoms with van der Waals surface area (Å²) < 4.78 is 4.70. The van der Waals surface area contributed by atoms with Gasteiger partial charge >= 0.3 is 0 Å². The molecule has 0 aliphatic rings. The Hall–Kier alpha value is -1.77. The van der Waals surface area contributed by atoms with Gasteiger partial charge in [-0.25, -0.2) is 0 Å². The Morgan fingerprint density at radius 2 is 2.23 bits per heavy atom. The lowest BCUT2D eigenvalue weighted by Gasteiger charge is -1.97. The monoisotopic (exact) mass is 175 g/mol. The summed E-state index contributed by atoms with van der Waals surface area (Å²) in [7, 11) is 0. The topological polar surface area (TPSA) is 46.3 Å². The first-order valence-corrected chi connectivity index (χ1v) is 4.02. The molecule has 1 aromatic heterocycles. The number of rotatable bonds is 2. The van der Waals surface area contributed by atoms with E-state index in [1.54, 1.807) is 12.1 Å². The van der Waals surface area contributed by atoms with Crippen molar-refractivity contribution in [2.75, 3.05) is 0 Å². The zero-order valence-electron chi connectivity index (χ0n) is 6.97. The van der Waals surface area contributed by atoms with Gasteiger partial charge in [0, 0.05) is 12.5 Å². The summed E-state index contributed by atoms with van der Waals surface area (Å²) in [4.78, 5) is 0. The van der Waals surface area contributed by atoms with Crippen molar-refractivity contribution in [2.45, 2.75) is 6.42 Å². The van der Waals surface area contributed by atoms with Crippen LogP contribution < -0.4 is 0 Å². The molecule has 13 heavy (non-hydrogen) atoms. The zero-order valence-corrected chi connectivity index (χ0v) is 6.97. The highest BCUT2D eigenvalue weighted by atomic mass is 16.5. The second-order valence-corrected chi connectivity index (χ2v) is 2.84. The summed E-state index contributed by atoms with van der Waals surface area (Å²) >= 11 is 0. The third-order valence-electron chi connectivity index (χ3n) is 1.79. The Morgan fingerprint density at radius 1 is 1.31 bits per heavy atom. The van der Waals surface area contributed by atoms with Crippen LogP contribution in [0.15, 0.2) is 41.1 Å². The normalized spacial score (nSPS) is 10.2. The van der Waals surface area contributed by atoms with Crippen LogP contribution in [0.5, 0.6) is 5.75 Å². The van der Waals surface area contributed by atoms with Gasteiger partial charge in [0.1, 0.15) is 12.0 Å². The fourth-order valence-electron chi connectivity index (χ4n) is 1.20. The van der Waals surface area contributed by atoms with Crippen LogP contribution in [0.2, 0.25) is 0 Å². The van der Waals surface area contributed by atoms with Crippen molar-refractivity contribution in [3.8, 4) is 5.75 Å². The first-order chi connectivity index (χ1) is 6.34. The molecule has 0 aliphatic carbocycles. The van der Waals surface area contributed by atoms with Crippen LogP contribution in [-0.4, -0.2) is 10.3 Å². The van der Waals surface area contributed by atoms with Crippen LogP contribution in [0.4, 0.5) is 0 Å². The third kappa shape index (κ3) is 1.87. The lowest BCUT2D eigenvalue weighted by Crippen LogP contribution is -1.86. The summed E-state index contributed by atoms with van der Waals surface area (Å²) in [5.41, 5.74) is 1.89. The average Bonchev–Trinajstić information content (AvgIpc) is 2.57. The number of benzene rings is 1. The van der Waals surface area contributed by atoms with E-state index in [4.69, 9.17) is 4.52 Å². The highest BCUT2D eigenvalue weighted by Gasteiger charge is 1.99. The maximum absolute atomic E-state index is 9.20. The summed E-state index contributed by atoms with van der Waals surface area (Å²) in [6, 6.07) is 8.92. The molecular formula is C10H9NO2. The molecule has 3 heteroatoms. The second kappa shape index (κ2) is 3.31. The highest BCUT2D eigenvalue weighted by molar-refractivity contribution is 5.29. The molecule has 1 aromatic carbocycles. The Bertz CT molecular complexity index is 382. The molecule has 3 nitrogen and oxygen atoms in total. The van der Waals surface area contributed by atoms with E-state index in [2.05, 4.69) is 5.16 Å². The third-order valence-corrected chi connectivity index (χ3v) is 1.79. The minimum absolute atomic E-state index is 0.279. The molecule has 1 N–H and O–H groups in total. The van der Waals surface area contributed by atoms with Gasteiger partial charge in [-0.15, -0.1) is 0 Å². The number of nitrogens with zero attached hydrogens (tertiary/aromatic N) is 1. The summed E-state index contributed by atoms with van der Waals surface area (Å²) in [5.74, 6) is 0.279. The SMILES string of the molecule is Oc1cccc(Cc2ccon2)c1. The van der Waals surface area contributed by atoms with Crippen molar-refractivity contribution >= 4 is 0 Å². The molecule has 0 amide bonds. The van der Waals surface area contributed by atoms with Crippen LogP contribution >= 0.6 is 0 Å².